The van der Waals surface area contributed by atoms with Crippen molar-refractivity contribution in [2.75, 3.05) is 19.5 Å². The summed E-state index contributed by atoms with van der Waals surface area (Å²) in [6.07, 6.45) is 0. The average Bonchev–Trinajstić information content (AvgIpc) is 2.72. The van der Waals surface area contributed by atoms with E-state index < -0.39 is 0 Å². The number of hydrogen-bond acceptors (Lipinski definition) is 7. The van der Waals surface area contributed by atoms with Crippen LogP contribution < -0.4 is 20.3 Å². The molecule has 0 saturated carbocycles. The Morgan fingerprint density at radius 3 is 2.46 bits per heavy atom. The van der Waals surface area contributed by atoms with Crippen LogP contribution in [0.3, 0.4) is 0 Å². The van der Waals surface area contributed by atoms with Gasteiger partial charge in [-0.25, -0.2) is 4.39 Å². The lowest BCUT2D eigenvalue weighted by atomic mass is 10.3. The largest absolute Gasteiger partial charge is 0.493 e. The van der Waals surface area contributed by atoms with E-state index >= 15 is 0 Å². The van der Waals surface area contributed by atoms with Gasteiger partial charge in [0, 0.05) is 29.4 Å². The quantitative estimate of drug-likeness (QED) is 0.607. The molecule has 146 valence electrons. The molecule has 0 bridgehead atoms. The molecule has 0 amide bonds. The minimum absolute atomic E-state index is 0.257. The maximum atomic E-state index is 13.0. The summed E-state index contributed by atoms with van der Waals surface area (Å²) in [6, 6.07) is 11.3. The van der Waals surface area contributed by atoms with Crippen molar-refractivity contribution in [3.63, 3.8) is 0 Å². The molecule has 9 heteroatoms. The molecule has 0 unspecified atom stereocenters. The fourth-order valence-corrected chi connectivity index (χ4v) is 3.25. The first-order chi connectivity index (χ1) is 13.5. The molecule has 1 aromatic heterocycles. The summed E-state index contributed by atoms with van der Waals surface area (Å²) in [5.41, 5.74) is 0.734. The zero-order valence-corrected chi connectivity index (χ0v) is 16.4. The minimum atomic E-state index is -0.300. The Balaban J connectivity index is 1.76. The zero-order chi connectivity index (χ0) is 20.1. The first-order valence-corrected chi connectivity index (χ1v) is 9.30. The fourth-order valence-electron chi connectivity index (χ4n) is 2.43. The third-order valence-electron chi connectivity index (χ3n) is 3.96. The van der Waals surface area contributed by atoms with E-state index in [4.69, 9.17) is 9.47 Å². The number of halogens is 1. The maximum Gasteiger partial charge on any atom is 0.277 e. The fraction of sp³-hybridized carbons (Fsp3) is 0.211. The number of methoxy groups -OCH3 is 2. The number of ether oxygens (including phenoxy) is 2. The molecular weight excluding hydrogens is 383 g/mol. The molecule has 3 aromatic rings. The monoisotopic (exact) mass is 402 g/mol. The Morgan fingerprint density at radius 1 is 1.07 bits per heavy atom. The number of nitrogens with one attached hydrogen (secondary N) is 1. The van der Waals surface area contributed by atoms with Gasteiger partial charge in [-0.1, -0.05) is 0 Å². The van der Waals surface area contributed by atoms with Crippen LogP contribution in [0.2, 0.25) is 0 Å². The molecule has 1 heterocycles. The molecule has 0 saturated heterocycles. The van der Waals surface area contributed by atoms with Crippen molar-refractivity contribution >= 4 is 23.4 Å². The van der Waals surface area contributed by atoms with Gasteiger partial charge in [0.05, 0.1) is 14.2 Å². The molecule has 1 N–H and O–H groups in total. The smallest absolute Gasteiger partial charge is 0.277 e. The van der Waals surface area contributed by atoms with Crippen LogP contribution in [0.4, 0.5) is 16.0 Å². The summed E-state index contributed by atoms with van der Waals surface area (Å²) in [4.78, 5) is 13.4. The number of thioether (sulfide) groups is 1. The lowest BCUT2D eigenvalue weighted by Crippen LogP contribution is -2.26. The second-order valence-corrected chi connectivity index (χ2v) is 6.82. The molecule has 2 aromatic carbocycles. The normalized spacial score (nSPS) is 10.6. The molecule has 0 aliphatic rings. The maximum absolute atomic E-state index is 13.0. The van der Waals surface area contributed by atoms with Crippen molar-refractivity contribution < 1.29 is 13.9 Å². The van der Waals surface area contributed by atoms with Gasteiger partial charge in [0.2, 0.25) is 5.95 Å². The third kappa shape index (κ3) is 4.42. The summed E-state index contributed by atoms with van der Waals surface area (Å²) in [6.45, 7) is 0. The molecule has 3 rings (SSSR count). The van der Waals surface area contributed by atoms with Gasteiger partial charge in [-0.15, -0.1) is 22.0 Å². The van der Waals surface area contributed by atoms with E-state index in [2.05, 4.69) is 15.5 Å². The molecule has 0 atom stereocenters. The summed E-state index contributed by atoms with van der Waals surface area (Å²) >= 11 is 1.39. The highest BCUT2D eigenvalue weighted by Gasteiger charge is 2.11. The Labute approximate surface area is 165 Å². The number of hydrogen-bond donors (Lipinski definition) is 1. The van der Waals surface area contributed by atoms with Gasteiger partial charge >= 0.3 is 0 Å². The number of anilines is 2. The Morgan fingerprint density at radius 2 is 1.79 bits per heavy atom. The Bertz CT molecular complexity index is 1020. The molecule has 28 heavy (non-hydrogen) atoms. The molecular formula is C19H19FN4O3S. The van der Waals surface area contributed by atoms with Crippen LogP contribution in [-0.2, 0) is 12.8 Å². The standard InChI is InChI=1S/C19H19FN4O3S/c1-24-18(25)15(11-28-14-7-4-12(20)5-8-14)22-23-19(24)21-13-6-9-16(26-2)17(10-13)27-3/h4-10H,11H2,1-3H3,(H,21,23). The highest BCUT2D eigenvalue weighted by Crippen LogP contribution is 2.30. The van der Waals surface area contributed by atoms with Crippen molar-refractivity contribution in [3.8, 4) is 11.5 Å². The van der Waals surface area contributed by atoms with E-state index in [1.54, 1.807) is 51.6 Å². The van der Waals surface area contributed by atoms with Crippen molar-refractivity contribution in [1.29, 1.82) is 0 Å². The zero-order valence-electron chi connectivity index (χ0n) is 15.6. The predicted molar refractivity (Wildman–Crippen MR) is 106 cm³/mol. The molecule has 0 spiro atoms. The summed E-state index contributed by atoms with van der Waals surface area (Å²) < 4.78 is 24.9. The third-order valence-corrected chi connectivity index (χ3v) is 4.99. The van der Waals surface area contributed by atoms with Crippen LogP contribution in [0.25, 0.3) is 0 Å². The van der Waals surface area contributed by atoms with Crippen molar-refractivity contribution in [2.24, 2.45) is 7.05 Å². The van der Waals surface area contributed by atoms with Crippen molar-refractivity contribution in [3.05, 3.63) is 64.3 Å². The predicted octanol–water partition coefficient (Wildman–Crippen LogP) is 3.37. The number of nitrogens with zero attached hydrogens (tertiary/aromatic N) is 3. The number of aromatic nitrogens is 3. The summed E-state index contributed by atoms with van der Waals surface area (Å²) in [5.74, 6) is 1.49. The van der Waals surface area contributed by atoms with Crippen molar-refractivity contribution in [1.82, 2.24) is 14.8 Å². The lowest BCUT2D eigenvalue weighted by molar-refractivity contribution is 0.355. The SMILES string of the molecule is COc1ccc(Nc2nnc(CSc3ccc(F)cc3)c(=O)n2C)cc1OC. The van der Waals surface area contributed by atoms with Crippen LogP contribution in [0.5, 0.6) is 11.5 Å². The van der Waals surface area contributed by atoms with Crippen LogP contribution in [0.15, 0.2) is 52.2 Å². The molecule has 0 aliphatic carbocycles. The van der Waals surface area contributed by atoms with Gasteiger partial charge in [-0.2, -0.15) is 0 Å². The highest BCUT2D eigenvalue weighted by atomic mass is 32.2. The van der Waals surface area contributed by atoms with E-state index in [1.165, 1.54) is 28.5 Å². The van der Waals surface area contributed by atoms with Gasteiger partial charge in [0.1, 0.15) is 11.5 Å². The van der Waals surface area contributed by atoms with E-state index in [9.17, 15) is 9.18 Å². The molecule has 0 fully saturated rings. The molecule has 0 radical (unpaired) electrons. The number of benzene rings is 2. The molecule has 7 nitrogen and oxygen atoms in total. The van der Waals surface area contributed by atoms with Gasteiger partial charge in [0.25, 0.3) is 5.56 Å². The number of rotatable bonds is 7. The first-order valence-electron chi connectivity index (χ1n) is 8.32. The van der Waals surface area contributed by atoms with Crippen LogP contribution >= 0.6 is 11.8 Å². The Kier molecular flexibility index (Phi) is 6.15. The topological polar surface area (TPSA) is 78.3 Å². The van der Waals surface area contributed by atoms with Gasteiger partial charge in [0.15, 0.2) is 11.5 Å². The van der Waals surface area contributed by atoms with Crippen molar-refractivity contribution in [2.45, 2.75) is 10.6 Å². The van der Waals surface area contributed by atoms with Crippen LogP contribution in [0.1, 0.15) is 5.69 Å². The van der Waals surface area contributed by atoms with Gasteiger partial charge < -0.3 is 14.8 Å². The summed E-state index contributed by atoms with van der Waals surface area (Å²) in [7, 11) is 4.72. The van der Waals surface area contributed by atoms with Gasteiger partial charge in [-0.3, -0.25) is 9.36 Å². The summed E-state index contributed by atoms with van der Waals surface area (Å²) in [5, 5.41) is 11.2. The highest BCUT2D eigenvalue weighted by molar-refractivity contribution is 7.98. The van der Waals surface area contributed by atoms with E-state index in [0.717, 1.165) is 4.90 Å². The molecule has 0 aliphatic heterocycles. The van der Waals surface area contributed by atoms with E-state index in [-0.39, 0.29) is 11.4 Å². The second kappa shape index (κ2) is 8.75. The van der Waals surface area contributed by atoms with Crippen LogP contribution in [-0.4, -0.2) is 29.0 Å². The minimum Gasteiger partial charge on any atom is -0.493 e. The van der Waals surface area contributed by atoms with E-state index in [1.807, 2.05) is 0 Å². The lowest BCUT2D eigenvalue weighted by Gasteiger charge is -2.13. The van der Waals surface area contributed by atoms with Gasteiger partial charge in [-0.05, 0) is 36.4 Å². The van der Waals surface area contributed by atoms with E-state index in [0.29, 0.717) is 34.6 Å². The second-order valence-electron chi connectivity index (χ2n) is 5.77. The Hall–Kier alpha value is -3.07. The average molecular weight is 402 g/mol. The first kappa shape index (κ1) is 19.7. The van der Waals surface area contributed by atoms with Crippen LogP contribution in [0, 0.1) is 5.82 Å².